The van der Waals surface area contributed by atoms with Gasteiger partial charge in [-0.15, -0.1) is 0 Å². The van der Waals surface area contributed by atoms with E-state index in [1.807, 2.05) is 37.3 Å². The van der Waals surface area contributed by atoms with E-state index in [1.165, 1.54) is 7.11 Å². The number of esters is 1. The van der Waals surface area contributed by atoms with Crippen molar-refractivity contribution >= 4 is 29.3 Å². The second-order valence-corrected chi connectivity index (χ2v) is 7.09. The van der Waals surface area contributed by atoms with Crippen molar-refractivity contribution in [3.63, 3.8) is 0 Å². The summed E-state index contributed by atoms with van der Waals surface area (Å²) in [7, 11) is 1.32. The minimum absolute atomic E-state index is 0.160. The smallest absolute Gasteiger partial charge is 0.337 e. The molecule has 0 aliphatic carbocycles. The van der Waals surface area contributed by atoms with Crippen LogP contribution in [0.15, 0.2) is 48.5 Å². The highest BCUT2D eigenvalue weighted by atomic mass is 16.5. The molecule has 29 heavy (non-hydrogen) atoms. The average Bonchev–Trinajstić information content (AvgIpc) is 2.75. The van der Waals surface area contributed by atoms with Crippen LogP contribution in [0.3, 0.4) is 0 Å². The number of aryl methyl sites for hydroxylation is 1. The molecule has 0 radical (unpaired) electrons. The van der Waals surface area contributed by atoms with Crippen LogP contribution in [0.4, 0.5) is 16.2 Å². The Morgan fingerprint density at radius 3 is 2.55 bits per heavy atom. The molecule has 0 bridgehead atoms. The third-order valence-electron chi connectivity index (χ3n) is 5.02. The van der Waals surface area contributed by atoms with Gasteiger partial charge >= 0.3 is 12.0 Å². The van der Waals surface area contributed by atoms with Crippen LogP contribution in [0.1, 0.15) is 28.8 Å². The van der Waals surface area contributed by atoms with Gasteiger partial charge in [-0.05, 0) is 49.6 Å². The van der Waals surface area contributed by atoms with Crippen LogP contribution in [0.25, 0.3) is 0 Å². The van der Waals surface area contributed by atoms with E-state index in [9.17, 15) is 14.4 Å². The Balaban J connectivity index is 1.64. The number of nitrogens with one attached hydrogen (secondary N) is 2. The number of benzene rings is 2. The molecule has 7 heteroatoms. The lowest BCUT2D eigenvalue weighted by atomic mass is 9.97. The summed E-state index contributed by atoms with van der Waals surface area (Å²) in [6.07, 6.45) is 1.46. The van der Waals surface area contributed by atoms with Gasteiger partial charge in [0.15, 0.2) is 0 Å². The first-order valence-electron chi connectivity index (χ1n) is 9.58. The molecule has 1 unspecified atom stereocenters. The molecule has 2 aromatic carbocycles. The van der Waals surface area contributed by atoms with Crippen molar-refractivity contribution in [2.75, 3.05) is 30.8 Å². The van der Waals surface area contributed by atoms with E-state index < -0.39 is 5.97 Å². The zero-order valence-corrected chi connectivity index (χ0v) is 16.6. The molecule has 1 fully saturated rings. The Hall–Kier alpha value is -3.35. The van der Waals surface area contributed by atoms with Crippen LogP contribution in [0.5, 0.6) is 0 Å². The average molecular weight is 395 g/mol. The molecule has 0 saturated carbocycles. The molecule has 2 aromatic rings. The van der Waals surface area contributed by atoms with Crippen molar-refractivity contribution in [2.24, 2.45) is 5.92 Å². The van der Waals surface area contributed by atoms with E-state index in [0.717, 1.165) is 17.7 Å². The summed E-state index contributed by atoms with van der Waals surface area (Å²) in [5, 5.41) is 5.76. The van der Waals surface area contributed by atoms with E-state index in [4.69, 9.17) is 4.74 Å². The lowest BCUT2D eigenvalue weighted by Crippen LogP contribution is -2.45. The first-order valence-corrected chi connectivity index (χ1v) is 9.58. The summed E-state index contributed by atoms with van der Waals surface area (Å²) in [4.78, 5) is 38.8. The van der Waals surface area contributed by atoms with Crippen LogP contribution in [0, 0.1) is 12.8 Å². The predicted molar refractivity (Wildman–Crippen MR) is 111 cm³/mol. The molecule has 1 aliphatic heterocycles. The number of likely N-dealkylation sites (tertiary alicyclic amines) is 1. The summed E-state index contributed by atoms with van der Waals surface area (Å²) in [6.45, 7) is 2.82. The van der Waals surface area contributed by atoms with Crippen LogP contribution in [0.2, 0.25) is 0 Å². The Labute approximate surface area is 170 Å². The van der Waals surface area contributed by atoms with Crippen molar-refractivity contribution in [2.45, 2.75) is 19.8 Å². The first-order chi connectivity index (χ1) is 14.0. The minimum atomic E-state index is -0.457. The minimum Gasteiger partial charge on any atom is -0.465 e. The van der Waals surface area contributed by atoms with Gasteiger partial charge in [-0.1, -0.05) is 24.3 Å². The number of piperidine rings is 1. The maximum Gasteiger partial charge on any atom is 0.337 e. The topological polar surface area (TPSA) is 87.7 Å². The summed E-state index contributed by atoms with van der Waals surface area (Å²) in [5.41, 5.74) is 2.52. The Morgan fingerprint density at radius 2 is 1.83 bits per heavy atom. The van der Waals surface area contributed by atoms with Gasteiger partial charge in [-0.2, -0.15) is 0 Å². The molecule has 1 saturated heterocycles. The molecule has 3 rings (SSSR count). The molecule has 0 aromatic heterocycles. The van der Waals surface area contributed by atoms with Crippen molar-refractivity contribution in [3.05, 3.63) is 59.7 Å². The van der Waals surface area contributed by atoms with Crippen molar-refractivity contribution in [3.8, 4) is 0 Å². The number of nitrogens with zero attached hydrogens (tertiary/aromatic N) is 1. The standard InChI is InChI=1S/C22H25N3O4/c1-15-10-11-16(21(27)29-2)13-19(15)24-20(26)17-7-6-12-25(14-17)22(28)23-18-8-4-3-5-9-18/h3-5,8-11,13,17H,6-7,12,14H2,1-2H3,(H,23,28)(H,24,26). The number of carbonyl (C=O) groups excluding carboxylic acids is 3. The molecule has 7 nitrogen and oxygen atoms in total. The van der Waals surface area contributed by atoms with Gasteiger partial charge in [0.2, 0.25) is 5.91 Å². The highest BCUT2D eigenvalue weighted by molar-refractivity contribution is 5.97. The highest BCUT2D eigenvalue weighted by Gasteiger charge is 2.29. The molecule has 0 spiro atoms. The summed E-state index contributed by atoms with van der Waals surface area (Å²) in [6, 6.07) is 14.1. The van der Waals surface area contributed by atoms with Gasteiger partial charge in [-0.25, -0.2) is 9.59 Å². The second kappa shape index (κ2) is 9.23. The third kappa shape index (κ3) is 5.13. The van der Waals surface area contributed by atoms with Gasteiger partial charge in [0.05, 0.1) is 18.6 Å². The lowest BCUT2D eigenvalue weighted by molar-refractivity contribution is -0.121. The molecule has 2 N–H and O–H groups in total. The van der Waals surface area contributed by atoms with Crippen LogP contribution in [-0.4, -0.2) is 43.0 Å². The third-order valence-corrected chi connectivity index (χ3v) is 5.02. The molecule has 1 heterocycles. The predicted octanol–water partition coefficient (Wildman–Crippen LogP) is 3.66. The molecule has 152 valence electrons. The zero-order chi connectivity index (χ0) is 20.8. The van der Waals surface area contributed by atoms with E-state index in [-0.39, 0.29) is 17.9 Å². The van der Waals surface area contributed by atoms with Crippen LogP contribution < -0.4 is 10.6 Å². The quantitative estimate of drug-likeness (QED) is 0.774. The maximum atomic E-state index is 12.8. The number of anilines is 2. The van der Waals surface area contributed by atoms with Crippen LogP contribution in [-0.2, 0) is 9.53 Å². The van der Waals surface area contributed by atoms with E-state index in [0.29, 0.717) is 30.8 Å². The van der Waals surface area contributed by atoms with E-state index in [2.05, 4.69) is 10.6 Å². The zero-order valence-electron chi connectivity index (χ0n) is 16.6. The number of methoxy groups -OCH3 is 1. The van der Waals surface area contributed by atoms with E-state index in [1.54, 1.807) is 23.1 Å². The van der Waals surface area contributed by atoms with Gasteiger partial charge in [0.25, 0.3) is 0 Å². The summed E-state index contributed by atoms with van der Waals surface area (Å²) in [5.74, 6) is -0.930. The highest BCUT2D eigenvalue weighted by Crippen LogP contribution is 2.22. The Bertz CT molecular complexity index is 898. The van der Waals surface area contributed by atoms with E-state index >= 15 is 0 Å². The van der Waals surface area contributed by atoms with Gasteiger partial charge < -0.3 is 20.3 Å². The number of hydrogen-bond acceptors (Lipinski definition) is 4. The largest absolute Gasteiger partial charge is 0.465 e. The SMILES string of the molecule is COC(=O)c1ccc(C)c(NC(=O)C2CCCN(C(=O)Nc3ccccc3)C2)c1. The fraction of sp³-hybridized carbons (Fsp3) is 0.318. The fourth-order valence-electron chi connectivity index (χ4n) is 3.34. The monoisotopic (exact) mass is 395 g/mol. The molecular formula is C22H25N3O4. The van der Waals surface area contributed by atoms with Gasteiger partial charge in [-0.3, -0.25) is 4.79 Å². The number of amides is 3. The van der Waals surface area contributed by atoms with Gasteiger partial charge in [0, 0.05) is 24.5 Å². The first kappa shape index (κ1) is 20.4. The number of ether oxygens (including phenoxy) is 1. The Morgan fingerprint density at radius 1 is 1.07 bits per heavy atom. The summed E-state index contributed by atoms with van der Waals surface area (Å²) >= 11 is 0. The Kier molecular flexibility index (Phi) is 6.49. The van der Waals surface area contributed by atoms with Crippen LogP contribution >= 0.6 is 0 Å². The molecule has 3 amide bonds. The van der Waals surface area contributed by atoms with Gasteiger partial charge in [0.1, 0.15) is 0 Å². The number of rotatable bonds is 4. The van der Waals surface area contributed by atoms with Crippen molar-refractivity contribution < 1.29 is 19.1 Å². The number of hydrogen-bond donors (Lipinski definition) is 2. The molecule has 1 atom stereocenters. The normalized spacial score (nSPS) is 16.1. The second-order valence-electron chi connectivity index (χ2n) is 7.09. The summed E-state index contributed by atoms with van der Waals surface area (Å²) < 4.78 is 4.74. The number of carbonyl (C=O) groups is 3. The molecule has 1 aliphatic rings. The van der Waals surface area contributed by atoms with Crippen molar-refractivity contribution in [1.29, 1.82) is 0 Å². The lowest BCUT2D eigenvalue weighted by Gasteiger charge is -2.32. The fourth-order valence-corrected chi connectivity index (χ4v) is 3.34. The number of urea groups is 1. The van der Waals surface area contributed by atoms with Crippen molar-refractivity contribution in [1.82, 2.24) is 4.90 Å². The maximum absolute atomic E-state index is 12.8. The molecular weight excluding hydrogens is 370 g/mol. The number of para-hydroxylation sites is 1.